The molecule has 1 aromatic rings. The summed E-state index contributed by atoms with van der Waals surface area (Å²) in [6.07, 6.45) is 1.71. The molecule has 0 spiro atoms. The van der Waals surface area contributed by atoms with E-state index in [-0.39, 0.29) is 5.82 Å². The van der Waals surface area contributed by atoms with Crippen LogP contribution in [0, 0.1) is 19.7 Å². The van der Waals surface area contributed by atoms with Crippen LogP contribution in [0.1, 0.15) is 36.1 Å². The Morgan fingerprint density at radius 3 is 2.23 bits per heavy atom. The van der Waals surface area contributed by atoms with Crippen LogP contribution in [-0.4, -0.2) is 0 Å². The standard InChI is InChI=1S/C12H17F/c1-5-10-7-8(3)9(4)12(13)11(10)6-2/h7H,5-6H2,1-4H3. The van der Waals surface area contributed by atoms with Gasteiger partial charge in [-0.25, -0.2) is 4.39 Å². The highest BCUT2D eigenvalue weighted by Gasteiger charge is 2.10. The summed E-state index contributed by atoms with van der Waals surface area (Å²) in [4.78, 5) is 0. The van der Waals surface area contributed by atoms with Gasteiger partial charge in [-0.15, -0.1) is 0 Å². The van der Waals surface area contributed by atoms with Crippen LogP contribution >= 0.6 is 0 Å². The van der Waals surface area contributed by atoms with Crippen LogP contribution in [0.5, 0.6) is 0 Å². The van der Waals surface area contributed by atoms with Gasteiger partial charge < -0.3 is 0 Å². The van der Waals surface area contributed by atoms with E-state index in [9.17, 15) is 4.39 Å². The minimum Gasteiger partial charge on any atom is -0.206 e. The zero-order chi connectivity index (χ0) is 10.0. The Kier molecular flexibility index (Phi) is 3.07. The molecule has 1 aromatic carbocycles. The third kappa shape index (κ3) is 1.74. The Balaban J connectivity index is 3.39. The van der Waals surface area contributed by atoms with Crippen molar-refractivity contribution in [3.05, 3.63) is 34.1 Å². The van der Waals surface area contributed by atoms with E-state index in [0.29, 0.717) is 0 Å². The molecule has 0 saturated heterocycles. The Morgan fingerprint density at radius 2 is 1.77 bits per heavy atom. The van der Waals surface area contributed by atoms with Gasteiger partial charge in [0, 0.05) is 0 Å². The molecule has 0 atom stereocenters. The SMILES string of the molecule is CCc1cc(C)c(C)c(F)c1CC. The number of benzene rings is 1. The summed E-state index contributed by atoms with van der Waals surface area (Å²) >= 11 is 0. The van der Waals surface area contributed by atoms with Crippen molar-refractivity contribution < 1.29 is 4.39 Å². The van der Waals surface area contributed by atoms with Crippen molar-refractivity contribution >= 4 is 0 Å². The van der Waals surface area contributed by atoms with Gasteiger partial charge in [0.25, 0.3) is 0 Å². The van der Waals surface area contributed by atoms with Crippen molar-refractivity contribution in [1.82, 2.24) is 0 Å². The first-order valence-electron chi connectivity index (χ1n) is 4.89. The van der Waals surface area contributed by atoms with Gasteiger partial charge in [0.05, 0.1) is 0 Å². The third-order valence-corrected chi connectivity index (χ3v) is 2.70. The lowest BCUT2D eigenvalue weighted by atomic mass is 9.96. The van der Waals surface area contributed by atoms with Crippen molar-refractivity contribution in [2.24, 2.45) is 0 Å². The highest BCUT2D eigenvalue weighted by Crippen LogP contribution is 2.21. The summed E-state index contributed by atoms with van der Waals surface area (Å²) in [7, 11) is 0. The molecule has 0 bridgehead atoms. The van der Waals surface area contributed by atoms with Crippen molar-refractivity contribution in [1.29, 1.82) is 0 Å². The lowest BCUT2D eigenvalue weighted by molar-refractivity contribution is 0.598. The van der Waals surface area contributed by atoms with Gasteiger partial charge >= 0.3 is 0 Å². The van der Waals surface area contributed by atoms with Crippen LogP contribution in [-0.2, 0) is 12.8 Å². The van der Waals surface area contributed by atoms with Gasteiger partial charge in [-0.2, -0.15) is 0 Å². The molecular formula is C12H17F. The van der Waals surface area contributed by atoms with Crippen molar-refractivity contribution in [3.63, 3.8) is 0 Å². The third-order valence-electron chi connectivity index (χ3n) is 2.70. The Bertz CT molecular complexity index is 313. The van der Waals surface area contributed by atoms with E-state index in [0.717, 1.165) is 35.1 Å². The summed E-state index contributed by atoms with van der Waals surface area (Å²) in [5.41, 5.74) is 3.91. The molecule has 0 amide bonds. The quantitative estimate of drug-likeness (QED) is 0.652. The van der Waals surface area contributed by atoms with Crippen LogP contribution in [0.2, 0.25) is 0 Å². The fourth-order valence-electron chi connectivity index (χ4n) is 1.69. The topological polar surface area (TPSA) is 0 Å². The summed E-state index contributed by atoms with van der Waals surface area (Å²) in [5, 5.41) is 0. The van der Waals surface area contributed by atoms with Crippen LogP contribution in [0.15, 0.2) is 6.07 Å². The van der Waals surface area contributed by atoms with Crippen molar-refractivity contribution in [2.75, 3.05) is 0 Å². The number of halogens is 1. The molecule has 13 heavy (non-hydrogen) atoms. The van der Waals surface area contributed by atoms with Crippen LogP contribution in [0.3, 0.4) is 0 Å². The van der Waals surface area contributed by atoms with Gasteiger partial charge in [-0.05, 0) is 48.9 Å². The van der Waals surface area contributed by atoms with E-state index in [2.05, 4.69) is 13.0 Å². The second kappa shape index (κ2) is 3.91. The van der Waals surface area contributed by atoms with Crippen molar-refractivity contribution in [2.45, 2.75) is 40.5 Å². The first-order chi connectivity index (χ1) is 6.11. The maximum Gasteiger partial charge on any atom is 0.129 e. The molecular weight excluding hydrogens is 163 g/mol. The molecule has 0 N–H and O–H groups in total. The first-order valence-corrected chi connectivity index (χ1v) is 4.89. The van der Waals surface area contributed by atoms with Gasteiger partial charge in [0.2, 0.25) is 0 Å². The van der Waals surface area contributed by atoms with Gasteiger partial charge in [-0.1, -0.05) is 19.9 Å². The highest BCUT2D eigenvalue weighted by atomic mass is 19.1. The number of hydrogen-bond donors (Lipinski definition) is 0. The second-order valence-corrected chi connectivity index (χ2v) is 3.48. The molecule has 1 heteroatoms. The summed E-state index contributed by atoms with van der Waals surface area (Å²) in [6, 6.07) is 2.11. The molecule has 0 aliphatic carbocycles. The molecule has 0 aliphatic heterocycles. The minimum absolute atomic E-state index is 0.000602. The summed E-state index contributed by atoms with van der Waals surface area (Å²) in [6.45, 7) is 7.90. The highest BCUT2D eigenvalue weighted by molar-refractivity contribution is 5.38. The van der Waals surface area contributed by atoms with Crippen molar-refractivity contribution in [3.8, 4) is 0 Å². The largest absolute Gasteiger partial charge is 0.206 e. The zero-order valence-electron chi connectivity index (χ0n) is 8.87. The maximum absolute atomic E-state index is 13.7. The normalized spacial score (nSPS) is 10.5. The maximum atomic E-state index is 13.7. The van der Waals surface area contributed by atoms with Crippen LogP contribution < -0.4 is 0 Å². The molecule has 0 saturated carbocycles. The van der Waals surface area contributed by atoms with Crippen LogP contribution in [0.4, 0.5) is 4.39 Å². The number of rotatable bonds is 2. The fourth-order valence-corrected chi connectivity index (χ4v) is 1.69. The van der Waals surface area contributed by atoms with Gasteiger partial charge in [0.15, 0.2) is 0 Å². The van der Waals surface area contributed by atoms with E-state index >= 15 is 0 Å². The summed E-state index contributed by atoms with van der Waals surface area (Å²) in [5.74, 6) is -0.000602. The van der Waals surface area contributed by atoms with E-state index < -0.39 is 0 Å². The lowest BCUT2D eigenvalue weighted by Gasteiger charge is -2.11. The number of aryl methyl sites for hydroxylation is 2. The van der Waals surface area contributed by atoms with Gasteiger partial charge in [-0.3, -0.25) is 0 Å². The molecule has 0 fully saturated rings. The Hall–Kier alpha value is -0.850. The molecule has 0 unspecified atom stereocenters. The average molecular weight is 180 g/mol. The van der Waals surface area contributed by atoms with Gasteiger partial charge in [0.1, 0.15) is 5.82 Å². The molecule has 0 heterocycles. The smallest absolute Gasteiger partial charge is 0.129 e. The van der Waals surface area contributed by atoms with E-state index in [1.807, 2.05) is 20.8 Å². The molecule has 72 valence electrons. The number of hydrogen-bond acceptors (Lipinski definition) is 0. The predicted molar refractivity (Wildman–Crippen MR) is 54.6 cm³/mol. The Morgan fingerprint density at radius 1 is 1.15 bits per heavy atom. The lowest BCUT2D eigenvalue weighted by Crippen LogP contribution is -2.00. The second-order valence-electron chi connectivity index (χ2n) is 3.48. The monoisotopic (exact) mass is 180 g/mol. The molecule has 0 radical (unpaired) electrons. The van der Waals surface area contributed by atoms with E-state index in [4.69, 9.17) is 0 Å². The van der Waals surface area contributed by atoms with E-state index in [1.54, 1.807) is 0 Å². The van der Waals surface area contributed by atoms with E-state index in [1.165, 1.54) is 0 Å². The summed E-state index contributed by atoms with van der Waals surface area (Å²) < 4.78 is 13.7. The molecule has 0 aliphatic rings. The predicted octanol–water partition coefficient (Wildman–Crippen LogP) is 3.57. The average Bonchev–Trinajstić information content (AvgIpc) is 2.13. The zero-order valence-corrected chi connectivity index (χ0v) is 8.87. The molecule has 0 aromatic heterocycles. The molecule has 1 rings (SSSR count). The minimum atomic E-state index is -0.000602. The molecule has 0 nitrogen and oxygen atoms in total. The Labute approximate surface area is 79.8 Å². The fraction of sp³-hybridized carbons (Fsp3) is 0.500. The van der Waals surface area contributed by atoms with Crippen LogP contribution in [0.25, 0.3) is 0 Å². The first kappa shape index (κ1) is 10.2.